The maximum Gasteiger partial charge on any atom is 0.372 e. The molecule has 0 unspecified atom stereocenters. The Morgan fingerprint density at radius 3 is 2.62 bits per heavy atom. The van der Waals surface area contributed by atoms with Crippen LogP contribution in [0.25, 0.3) is 11.0 Å². The summed E-state index contributed by atoms with van der Waals surface area (Å²) in [6.07, 6.45) is 0.580. The predicted octanol–water partition coefficient (Wildman–Crippen LogP) is 3.27. The van der Waals surface area contributed by atoms with Gasteiger partial charge in [0.15, 0.2) is 0 Å². The molecule has 0 saturated carbocycles. The molecule has 136 valence electrons. The molecule has 1 aromatic heterocycles. The van der Waals surface area contributed by atoms with Crippen LogP contribution in [0.5, 0.6) is 0 Å². The summed E-state index contributed by atoms with van der Waals surface area (Å²) in [6, 6.07) is 12.2. The van der Waals surface area contributed by atoms with Crippen LogP contribution in [-0.4, -0.2) is 26.0 Å². The maximum absolute atomic E-state index is 12.5. The van der Waals surface area contributed by atoms with Gasteiger partial charge in [-0.25, -0.2) is 17.9 Å². The van der Waals surface area contributed by atoms with E-state index in [4.69, 9.17) is 9.52 Å². The predicted molar refractivity (Wildman–Crippen MR) is 98.0 cm³/mol. The standard InChI is InChI=1S/C19H19NO5S/c1-12-4-3-5-14(10-12)8-9-20-26(23,24)15-6-7-17-16(11-15)13(2)18(25-17)19(21)22/h3-7,10-11,20H,8-9H2,1-2H3,(H,21,22). The first-order valence-corrected chi connectivity index (χ1v) is 9.58. The number of carboxylic acids is 1. The van der Waals surface area contributed by atoms with E-state index >= 15 is 0 Å². The van der Waals surface area contributed by atoms with E-state index in [1.165, 1.54) is 18.2 Å². The second kappa shape index (κ2) is 6.93. The number of rotatable bonds is 6. The van der Waals surface area contributed by atoms with Crippen molar-refractivity contribution in [2.75, 3.05) is 6.54 Å². The molecule has 0 atom stereocenters. The van der Waals surface area contributed by atoms with E-state index in [0.717, 1.165) is 11.1 Å². The highest BCUT2D eigenvalue weighted by Gasteiger charge is 2.20. The quantitative estimate of drug-likeness (QED) is 0.691. The number of fused-ring (bicyclic) bond motifs is 1. The minimum absolute atomic E-state index is 0.0788. The topological polar surface area (TPSA) is 96.6 Å². The van der Waals surface area contributed by atoms with E-state index < -0.39 is 16.0 Å². The van der Waals surface area contributed by atoms with Gasteiger partial charge in [-0.05, 0) is 44.0 Å². The van der Waals surface area contributed by atoms with Crippen molar-refractivity contribution in [2.45, 2.75) is 25.2 Å². The average Bonchev–Trinajstić information content (AvgIpc) is 2.91. The molecule has 3 rings (SSSR count). The summed E-state index contributed by atoms with van der Waals surface area (Å²) >= 11 is 0. The molecule has 6 nitrogen and oxygen atoms in total. The number of carboxylic acid groups (broad SMARTS) is 1. The normalized spacial score (nSPS) is 11.8. The molecular formula is C19H19NO5S. The molecule has 0 spiro atoms. The van der Waals surface area contributed by atoms with Gasteiger partial charge in [0.1, 0.15) is 5.58 Å². The molecular weight excluding hydrogens is 354 g/mol. The lowest BCUT2D eigenvalue weighted by Crippen LogP contribution is -2.26. The summed E-state index contributed by atoms with van der Waals surface area (Å²) in [5, 5.41) is 9.59. The summed E-state index contributed by atoms with van der Waals surface area (Å²) in [7, 11) is -3.70. The second-order valence-corrected chi connectivity index (χ2v) is 7.92. The SMILES string of the molecule is Cc1cccc(CCNS(=O)(=O)c2ccc3oc(C(=O)O)c(C)c3c2)c1. The van der Waals surface area contributed by atoms with Gasteiger partial charge in [0.25, 0.3) is 0 Å². The minimum atomic E-state index is -3.70. The zero-order valence-electron chi connectivity index (χ0n) is 14.4. The van der Waals surface area contributed by atoms with Crippen molar-refractivity contribution in [2.24, 2.45) is 0 Å². The fourth-order valence-corrected chi connectivity index (χ4v) is 3.91. The molecule has 3 aromatic rings. The minimum Gasteiger partial charge on any atom is -0.475 e. The van der Waals surface area contributed by atoms with Gasteiger partial charge in [0, 0.05) is 17.5 Å². The van der Waals surface area contributed by atoms with Crippen LogP contribution < -0.4 is 4.72 Å². The Morgan fingerprint density at radius 2 is 1.92 bits per heavy atom. The molecule has 26 heavy (non-hydrogen) atoms. The first-order chi connectivity index (χ1) is 12.3. The third-order valence-corrected chi connectivity index (χ3v) is 5.66. The lowest BCUT2D eigenvalue weighted by atomic mass is 10.1. The van der Waals surface area contributed by atoms with Crippen molar-refractivity contribution in [1.82, 2.24) is 4.72 Å². The van der Waals surface area contributed by atoms with Gasteiger partial charge in [-0.3, -0.25) is 0 Å². The van der Waals surface area contributed by atoms with Crippen LogP contribution in [-0.2, 0) is 16.4 Å². The van der Waals surface area contributed by atoms with Crippen molar-refractivity contribution >= 4 is 27.0 Å². The Labute approximate surface area is 151 Å². The fourth-order valence-electron chi connectivity index (χ4n) is 2.85. The highest BCUT2D eigenvalue weighted by atomic mass is 32.2. The fraction of sp³-hybridized carbons (Fsp3) is 0.211. The van der Waals surface area contributed by atoms with Gasteiger partial charge in [-0.15, -0.1) is 0 Å². The van der Waals surface area contributed by atoms with Crippen LogP contribution in [0.4, 0.5) is 0 Å². The van der Waals surface area contributed by atoms with E-state index in [9.17, 15) is 13.2 Å². The first-order valence-electron chi connectivity index (χ1n) is 8.09. The number of furan rings is 1. The van der Waals surface area contributed by atoms with Crippen molar-refractivity contribution in [3.63, 3.8) is 0 Å². The second-order valence-electron chi connectivity index (χ2n) is 6.16. The Kier molecular flexibility index (Phi) is 4.84. The summed E-state index contributed by atoms with van der Waals surface area (Å²) in [5.74, 6) is -1.36. The van der Waals surface area contributed by atoms with Gasteiger partial charge in [0.2, 0.25) is 15.8 Å². The lowest BCUT2D eigenvalue weighted by molar-refractivity contribution is 0.0664. The van der Waals surface area contributed by atoms with Crippen LogP contribution in [0.15, 0.2) is 51.8 Å². The molecule has 2 aromatic carbocycles. The van der Waals surface area contributed by atoms with Gasteiger partial charge < -0.3 is 9.52 Å². The Morgan fingerprint density at radius 1 is 1.15 bits per heavy atom. The summed E-state index contributed by atoms with van der Waals surface area (Å²) in [6.45, 7) is 3.85. The average molecular weight is 373 g/mol. The molecule has 0 radical (unpaired) electrons. The number of sulfonamides is 1. The maximum atomic E-state index is 12.5. The van der Waals surface area contributed by atoms with Crippen molar-refractivity contribution in [1.29, 1.82) is 0 Å². The highest BCUT2D eigenvalue weighted by Crippen LogP contribution is 2.27. The molecule has 0 aliphatic heterocycles. The van der Waals surface area contributed by atoms with E-state index in [-0.39, 0.29) is 17.2 Å². The number of benzene rings is 2. The largest absolute Gasteiger partial charge is 0.475 e. The summed E-state index contributed by atoms with van der Waals surface area (Å²) in [5.41, 5.74) is 2.93. The van der Waals surface area contributed by atoms with Crippen LogP contribution in [0.2, 0.25) is 0 Å². The monoisotopic (exact) mass is 373 g/mol. The van der Waals surface area contributed by atoms with Crippen LogP contribution in [0, 0.1) is 13.8 Å². The van der Waals surface area contributed by atoms with Crippen LogP contribution in [0.1, 0.15) is 27.2 Å². The van der Waals surface area contributed by atoms with Gasteiger partial charge >= 0.3 is 5.97 Å². The molecule has 0 aliphatic carbocycles. The number of hydrogen-bond acceptors (Lipinski definition) is 4. The number of carbonyl (C=O) groups is 1. The van der Waals surface area contributed by atoms with Gasteiger partial charge in [-0.2, -0.15) is 0 Å². The van der Waals surface area contributed by atoms with E-state index in [1.54, 1.807) is 6.92 Å². The third kappa shape index (κ3) is 3.63. The Bertz CT molecular complexity index is 1080. The third-order valence-electron chi connectivity index (χ3n) is 4.20. The molecule has 0 saturated heterocycles. The first kappa shape index (κ1) is 18.2. The number of hydrogen-bond donors (Lipinski definition) is 2. The number of aromatic carboxylic acids is 1. The van der Waals surface area contributed by atoms with Crippen molar-refractivity contribution in [3.05, 3.63) is 64.9 Å². The van der Waals surface area contributed by atoms with Crippen LogP contribution >= 0.6 is 0 Å². The molecule has 7 heteroatoms. The lowest BCUT2D eigenvalue weighted by Gasteiger charge is -2.07. The molecule has 0 bridgehead atoms. The molecule has 1 heterocycles. The van der Waals surface area contributed by atoms with Gasteiger partial charge in [0.05, 0.1) is 4.90 Å². The van der Waals surface area contributed by atoms with E-state index in [0.29, 0.717) is 23.0 Å². The molecule has 0 aliphatic rings. The number of aryl methyl sites for hydroxylation is 2. The van der Waals surface area contributed by atoms with Crippen LogP contribution in [0.3, 0.4) is 0 Å². The summed E-state index contributed by atoms with van der Waals surface area (Å²) < 4.78 is 32.9. The zero-order chi connectivity index (χ0) is 18.9. The molecule has 0 fully saturated rings. The Hall–Kier alpha value is -2.64. The highest BCUT2D eigenvalue weighted by molar-refractivity contribution is 7.89. The Balaban J connectivity index is 1.80. The van der Waals surface area contributed by atoms with Crippen molar-refractivity contribution in [3.8, 4) is 0 Å². The number of nitrogens with one attached hydrogen (secondary N) is 1. The van der Waals surface area contributed by atoms with Crippen molar-refractivity contribution < 1.29 is 22.7 Å². The smallest absolute Gasteiger partial charge is 0.372 e. The molecule has 2 N–H and O–H groups in total. The van der Waals surface area contributed by atoms with E-state index in [2.05, 4.69) is 4.72 Å². The summed E-state index contributed by atoms with van der Waals surface area (Å²) in [4.78, 5) is 11.2. The van der Waals surface area contributed by atoms with E-state index in [1.807, 2.05) is 31.2 Å². The van der Waals surface area contributed by atoms with Gasteiger partial charge in [-0.1, -0.05) is 29.8 Å². The molecule has 0 amide bonds. The zero-order valence-corrected chi connectivity index (χ0v) is 15.3.